The Morgan fingerprint density at radius 2 is 2.35 bits per heavy atom. The normalized spacial score (nSPS) is 24.9. The summed E-state index contributed by atoms with van der Waals surface area (Å²) in [7, 11) is 0. The molecule has 0 aromatic carbocycles. The molecule has 1 fully saturated rings. The van der Waals surface area contributed by atoms with E-state index in [1.54, 1.807) is 0 Å². The van der Waals surface area contributed by atoms with Crippen LogP contribution < -0.4 is 21.9 Å². The highest BCUT2D eigenvalue weighted by molar-refractivity contribution is 5.61. The summed E-state index contributed by atoms with van der Waals surface area (Å²) in [5, 5.41) is 0. The van der Waals surface area contributed by atoms with Gasteiger partial charge in [0.05, 0.1) is 6.33 Å². The zero-order valence-corrected chi connectivity index (χ0v) is 10.0. The second-order valence-electron chi connectivity index (χ2n) is 4.65. The molecule has 94 valence electrons. The fraction of sp³-hybridized carbons (Fsp3) is 0.636. The van der Waals surface area contributed by atoms with Crippen LogP contribution in [0.25, 0.3) is 0 Å². The molecule has 1 aromatic rings. The molecule has 0 bridgehead atoms. The van der Waals surface area contributed by atoms with Crippen LogP contribution in [0.15, 0.2) is 11.1 Å². The van der Waals surface area contributed by atoms with Gasteiger partial charge < -0.3 is 21.4 Å². The fourth-order valence-corrected chi connectivity index (χ4v) is 2.30. The summed E-state index contributed by atoms with van der Waals surface area (Å²) in [6, 6.07) is 0.342. The highest BCUT2D eigenvalue weighted by atomic mass is 16.1. The molecule has 0 amide bonds. The first-order chi connectivity index (χ1) is 8.13. The summed E-state index contributed by atoms with van der Waals surface area (Å²) >= 11 is 0. The van der Waals surface area contributed by atoms with E-state index in [1.165, 1.54) is 6.33 Å². The number of piperidine rings is 1. The lowest BCUT2D eigenvalue weighted by Crippen LogP contribution is -2.45. The van der Waals surface area contributed by atoms with Crippen LogP contribution in [0.3, 0.4) is 0 Å². The van der Waals surface area contributed by atoms with Crippen LogP contribution in [0.1, 0.15) is 19.8 Å². The zero-order valence-electron chi connectivity index (χ0n) is 10.0. The maximum absolute atomic E-state index is 11.5. The molecule has 1 aliphatic heterocycles. The summed E-state index contributed by atoms with van der Waals surface area (Å²) in [5.74, 6) is 1.03. The molecule has 2 heterocycles. The van der Waals surface area contributed by atoms with E-state index in [0.29, 0.717) is 24.3 Å². The molecule has 17 heavy (non-hydrogen) atoms. The van der Waals surface area contributed by atoms with Gasteiger partial charge in [0, 0.05) is 12.6 Å². The van der Waals surface area contributed by atoms with Gasteiger partial charge in [-0.25, -0.2) is 4.98 Å². The minimum absolute atomic E-state index is 0.192. The van der Waals surface area contributed by atoms with Gasteiger partial charge in [0.25, 0.3) is 5.56 Å². The molecule has 1 aromatic heterocycles. The van der Waals surface area contributed by atoms with Crippen molar-refractivity contribution >= 4 is 11.5 Å². The van der Waals surface area contributed by atoms with E-state index in [2.05, 4.69) is 21.8 Å². The second kappa shape index (κ2) is 4.75. The average Bonchev–Trinajstić information content (AvgIpc) is 2.34. The van der Waals surface area contributed by atoms with Crippen LogP contribution in [-0.4, -0.2) is 29.1 Å². The third-order valence-corrected chi connectivity index (χ3v) is 3.45. The Balaban J connectivity index is 2.31. The number of anilines is 2. The first-order valence-electron chi connectivity index (χ1n) is 5.93. The van der Waals surface area contributed by atoms with E-state index in [0.717, 1.165) is 19.4 Å². The van der Waals surface area contributed by atoms with Crippen LogP contribution >= 0.6 is 0 Å². The Hall–Kier alpha value is -1.56. The molecule has 6 nitrogen and oxygen atoms in total. The number of rotatable bonds is 2. The predicted octanol–water partition coefficient (Wildman–Crippen LogP) is -0.0843. The van der Waals surface area contributed by atoms with Gasteiger partial charge in [-0.2, -0.15) is 0 Å². The average molecular weight is 237 g/mol. The van der Waals surface area contributed by atoms with Gasteiger partial charge in [0.15, 0.2) is 5.82 Å². The molecule has 2 unspecified atom stereocenters. The van der Waals surface area contributed by atoms with Crippen molar-refractivity contribution < 1.29 is 0 Å². The van der Waals surface area contributed by atoms with E-state index in [9.17, 15) is 4.79 Å². The Morgan fingerprint density at radius 1 is 1.59 bits per heavy atom. The molecule has 0 saturated carbocycles. The van der Waals surface area contributed by atoms with Crippen molar-refractivity contribution in [1.82, 2.24) is 9.97 Å². The van der Waals surface area contributed by atoms with Crippen LogP contribution in [0.5, 0.6) is 0 Å². The van der Waals surface area contributed by atoms with E-state index >= 15 is 0 Å². The van der Waals surface area contributed by atoms with E-state index in [-0.39, 0.29) is 11.2 Å². The van der Waals surface area contributed by atoms with Gasteiger partial charge in [-0.15, -0.1) is 0 Å². The molecule has 1 aliphatic rings. The van der Waals surface area contributed by atoms with Gasteiger partial charge in [0.1, 0.15) is 5.69 Å². The molecule has 6 heteroatoms. The van der Waals surface area contributed by atoms with E-state index in [1.807, 2.05) is 0 Å². The van der Waals surface area contributed by atoms with Crippen molar-refractivity contribution in [2.24, 2.45) is 11.7 Å². The maximum atomic E-state index is 11.5. The van der Waals surface area contributed by atoms with Crippen molar-refractivity contribution in [3.8, 4) is 0 Å². The molecule has 1 saturated heterocycles. The number of hydrogen-bond donors (Lipinski definition) is 3. The number of nitrogens with zero attached hydrogens (tertiary/aromatic N) is 2. The summed E-state index contributed by atoms with van der Waals surface area (Å²) in [6.45, 7) is 3.60. The molecule has 2 rings (SSSR count). The van der Waals surface area contributed by atoms with Crippen LogP contribution in [-0.2, 0) is 0 Å². The molecule has 5 N–H and O–H groups in total. The smallest absolute Gasteiger partial charge is 0.276 e. The standard InChI is InChI=1S/C11H19N5O/c1-7-2-3-8(4-12)5-16(7)10-9(13)11(17)15-6-14-10/h6-8H,2-5,12-13H2,1H3,(H,14,15,17). The number of nitrogens with two attached hydrogens (primary N) is 2. The highest BCUT2D eigenvalue weighted by Crippen LogP contribution is 2.27. The van der Waals surface area contributed by atoms with Crippen LogP contribution in [0.2, 0.25) is 0 Å². The summed E-state index contributed by atoms with van der Waals surface area (Å²) < 4.78 is 0. The molecule has 0 radical (unpaired) electrons. The van der Waals surface area contributed by atoms with Gasteiger partial charge in [-0.3, -0.25) is 4.79 Å². The monoisotopic (exact) mass is 237 g/mol. The summed E-state index contributed by atoms with van der Waals surface area (Å²) in [4.78, 5) is 20.2. The highest BCUT2D eigenvalue weighted by Gasteiger charge is 2.27. The van der Waals surface area contributed by atoms with Crippen molar-refractivity contribution in [3.05, 3.63) is 16.7 Å². The third-order valence-electron chi connectivity index (χ3n) is 3.45. The second-order valence-corrected chi connectivity index (χ2v) is 4.65. The summed E-state index contributed by atoms with van der Waals surface area (Å²) in [5.41, 5.74) is 11.4. The minimum Gasteiger partial charge on any atom is -0.391 e. The van der Waals surface area contributed by atoms with Crippen molar-refractivity contribution in [1.29, 1.82) is 0 Å². The number of nitrogens with one attached hydrogen (secondary N) is 1. The lowest BCUT2D eigenvalue weighted by atomic mass is 9.93. The maximum Gasteiger partial charge on any atom is 0.276 e. The number of hydrogen-bond acceptors (Lipinski definition) is 5. The minimum atomic E-state index is -0.280. The largest absolute Gasteiger partial charge is 0.391 e. The van der Waals surface area contributed by atoms with Crippen molar-refractivity contribution in [2.45, 2.75) is 25.8 Å². The van der Waals surface area contributed by atoms with Gasteiger partial charge in [-0.1, -0.05) is 0 Å². The van der Waals surface area contributed by atoms with E-state index < -0.39 is 0 Å². The molecule has 0 spiro atoms. The lowest BCUT2D eigenvalue weighted by molar-refractivity contribution is 0.372. The van der Waals surface area contributed by atoms with E-state index in [4.69, 9.17) is 11.5 Å². The third kappa shape index (κ3) is 2.26. The first kappa shape index (κ1) is 11.9. The Bertz CT molecular complexity index is 444. The van der Waals surface area contributed by atoms with Crippen molar-refractivity contribution in [3.63, 3.8) is 0 Å². The zero-order chi connectivity index (χ0) is 12.4. The Morgan fingerprint density at radius 3 is 3.06 bits per heavy atom. The molecular weight excluding hydrogens is 218 g/mol. The lowest BCUT2D eigenvalue weighted by Gasteiger charge is -2.38. The SMILES string of the molecule is CC1CCC(CN)CN1c1nc[nH]c(=O)c1N. The van der Waals surface area contributed by atoms with Gasteiger partial charge in [0.2, 0.25) is 0 Å². The fourth-order valence-electron chi connectivity index (χ4n) is 2.30. The Kier molecular flexibility index (Phi) is 3.33. The molecule has 2 atom stereocenters. The first-order valence-corrected chi connectivity index (χ1v) is 5.93. The Labute approximate surface area is 100 Å². The number of nitrogen functional groups attached to an aromatic ring is 1. The number of aromatic amines is 1. The van der Waals surface area contributed by atoms with Gasteiger partial charge >= 0.3 is 0 Å². The molecule has 0 aliphatic carbocycles. The van der Waals surface area contributed by atoms with Gasteiger partial charge in [-0.05, 0) is 32.2 Å². The van der Waals surface area contributed by atoms with Crippen LogP contribution in [0.4, 0.5) is 11.5 Å². The topological polar surface area (TPSA) is 101 Å². The van der Waals surface area contributed by atoms with Crippen LogP contribution in [0, 0.1) is 5.92 Å². The molecular formula is C11H19N5O. The number of aromatic nitrogens is 2. The summed E-state index contributed by atoms with van der Waals surface area (Å²) in [6.07, 6.45) is 3.57. The quantitative estimate of drug-likeness (QED) is 0.667. The number of H-pyrrole nitrogens is 1. The van der Waals surface area contributed by atoms with Crippen molar-refractivity contribution in [2.75, 3.05) is 23.7 Å². The predicted molar refractivity (Wildman–Crippen MR) is 67.9 cm³/mol.